The summed E-state index contributed by atoms with van der Waals surface area (Å²) in [6.07, 6.45) is 1.49. The molecule has 0 aliphatic carbocycles. The Kier molecular flexibility index (Phi) is 4.98. The highest BCUT2D eigenvalue weighted by Crippen LogP contribution is 2.11. The number of benzene rings is 1. The summed E-state index contributed by atoms with van der Waals surface area (Å²) in [5.41, 5.74) is 0.902. The number of rotatable bonds is 4. The third-order valence-corrected chi connectivity index (χ3v) is 3.23. The van der Waals surface area contributed by atoms with E-state index in [2.05, 4.69) is 38.2 Å². The first-order chi connectivity index (χ1) is 9.13. The molecule has 1 aromatic carbocycles. The maximum Gasteiger partial charge on any atom is 0.244 e. The van der Waals surface area contributed by atoms with Crippen LogP contribution in [0.1, 0.15) is 0 Å². The number of aromatic nitrogens is 1. The molecule has 2 aromatic rings. The lowest BCUT2D eigenvalue weighted by Gasteiger charge is -2.07. The van der Waals surface area contributed by atoms with Crippen molar-refractivity contribution in [3.05, 3.63) is 51.2 Å². The van der Waals surface area contributed by atoms with E-state index in [1.807, 2.05) is 24.3 Å². The molecule has 4 nitrogen and oxygen atoms in total. The lowest BCUT2D eigenvalue weighted by atomic mass is 10.3. The number of amides is 1. The minimum atomic E-state index is -0.159. The molecule has 0 radical (unpaired) electrons. The molecule has 6 heteroatoms. The molecule has 0 atom stereocenters. The van der Waals surface area contributed by atoms with Crippen LogP contribution in [0.25, 0.3) is 0 Å². The van der Waals surface area contributed by atoms with Crippen LogP contribution in [-0.4, -0.2) is 17.4 Å². The number of hydrogen-bond donors (Lipinski definition) is 2. The predicted octanol–water partition coefficient (Wildman–Crippen LogP) is 3.39. The average Bonchev–Trinajstić information content (AvgIpc) is 2.41. The van der Waals surface area contributed by atoms with Crippen LogP contribution in [-0.2, 0) is 4.79 Å². The highest BCUT2D eigenvalue weighted by atomic mass is 127. The average molecular weight is 388 g/mol. The molecule has 2 N–H and O–H groups in total. The molecule has 0 fully saturated rings. The van der Waals surface area contributed by atoms with Crippen molar-refractivity contribution in [1.29, 1.82) is 0 Å². The first-order valence-electron chi connectivity index (χ1n) is 5.54. The van der Waals surface area contributed by atoms with Crippen molar-refractivity contribution >= 4 is 51.6 Å². The lowest BCUT2D eigenvalue weighted by molar-refractivity contribution is -0.114. The molecule has 0 aliphatic heterocycles. The third-order valence-electron chi connectivity index (χ3n) is 2.29. The van der Waals surface area contributed by atoms with Gasteiger partial charge in [-0.1, -0.05) is 11.6 Å². The van der Waals surface area contributed by atoms with E-state index in [0.29, 0.717) is 10.8 Å². The molecule has 0 saturated carbocycles. The molecule has 0 unspecified atom stereocenters. The number of nitrogens with zero attached hydrogens (tertiary/aromatic N) is 1. The molecular formula is C13H11ClIN3O. The molecule has 0 bridgehead atoms. The summed E-state index contributed by atoms with van der Waals surface area (Å²) in [5, 5.41) is 6.25. The minimum Gasteiger partial charge on any atom is -0.376 e. The van der Waals surface area contributed by atoms with E-state index < -0.39 is 0 Å². The van der Waals surface area contributed by atoms with Crippen molar-refractivity contribution in [3.8, 4) is 0 Å². The molecule has 1 amide bonds. The van der Waals surface area contributed by atoms with Crippen molar-refractivity contribution in [2.24, 2.45) is 0 Å². The van der Waals surface area contributed by atoms with Crippen molar-refractivity contribution in [2.75, 3.05) is 17.2 Å². The van der Waals surface area contributed by atoms with Gasteiger partial charge in [0.25, 0.3) is 0 Å². The zero-order valence-corrected chi connectivity index (χ0v) is 12.8. The molecule has 1 aromatic heterocycles. The number of nitrogens with one attached hydrogen (secondary N) is 2. The lowest BCUT2D eigenvalue weighted by Crippen LogP contribution is -2.22. The smallest absolute Gasteiger partial charge is 0.244 e. The van der Waals surface area contributed by atoms with E-state index in [1.54, 1.807) is 12.1 Å². The maximum absolute atomic E-state index is 11.7. The van der Waals surface area contributed by atoms with Crippen LogP contribution in [0.5, 0.6) is 0 Å². The fourth-order valence-electron chi connectivity index (χ4n) is 1.39. The van der Waals surface area contributed by atoms with Gasteiger partial charge in [0.05, 0.1) is 11.6 Å². The maximum atomic E-state index is 11.7. The van der Waals surface area contributed by atoms with Gasteiger partial charge < -0.3 is 10.6 Å². The van der Waals surface area contributed by atoms with E-state index >= 15 is 0 Å². The zero-order chi connectivity index (χ0) is 13.7. The number of halogens is 2. The summed E-state index contributed by atoms with van der Waals surface area (Å²) >= 11 is 7.94. The number of carbonyl (C=O) groups is 1. The standard InChI is InChI=1S/C13H11ClIN3O/c14-9-1-6-12(17-7-9)18-13(19)8-16-11-4-2-10(15)3-5-11/h1-7,16H,8H2,(H,17,18,19). The van der Waals surface area contributed by atoms with Crippen LogP contribution in [0, 0.1) is 3.57 Å². The Morgan fingerprint density at radius 3 is 2.58 bits per heavy atom. The topological polar surface area (TPSA) is 54.0 Å². The van der Waals surface area contributed by atoms with Crippen molar-refractivity contribution in [1.82, 2.24) is 4.98 Å². The van der Waals surface area contributed by atoms with E-state index in [-0.39, 0.29) is 12.5 Å². The molecule has 0 spiro atoms. The second kappa shape index (κ2) is 6.72. The van der Waals surface area contributed by atoms with Crippen LogP contribution < -0.4 is 10.6 Å². The van der Waals surface area contributed by atoms with Crippen molar-refractivity contribution < 1.29 is 4.79 Å². The highest BCUT2D eigenvalue weighted by Gasteiger charge is 2.03. The Bertz CT molecular complexity index is 557. The summed E-state index contributed by atoms with van der Waals surface area (Å²) in [4.78, 5) is 15.7. The van der Waals surface area contributed by atoms with Gasteiger partial charge >= 0.3 is 0 Å². The van der Waals surface area contributed by atoms with Gasteiger partial charge in [-0.3, -0.25) is 4.79 Å². The number of anilines is 2. The molecule has 0 saturated heterocycles. The van der Waals surface area contributed by atoms with Gasteiger partial charge in [-0.05, 0) is 59.0 Å². The minimum absolute atomic E-state index is 0.159. The third kappa shape index (κ3) is 4.68. The fraction of sp³-hybridized carbons (Fsp3) is 0.0769. The van der Waals surface area contributed by atoms with Gasteiger partial charge in [-0.15, -0.1) is 0 Å². The zero-order valence-electron chi connectivity index (χ0n) is 9.86. The quantitative estimate of drug-likeness (QED) is 0.791. The summed E-state index contributed by atoms with van der Waals surface area (Å²) in [6.45, 7) is 0.185. The molecule has 0 aliphatic rings. The first kappa shape index (κ1) is 14.1. The van der Waals surface area contributed by atoms with Crippen molar-refractivity contribution in [2.45, 2.75) is 0 Å². The van der Waals surface area contributed by atoms with E-state index in [0.717, 1.165) is 9.26 Å². The van der Waals surface area contributed by atoms with Crippen LogP contribution in [0.4, 0.5) is 11.5 Å². The van der Waals surface area contributed by atoms with Crippen LogP contribution in [0.3, 0.4) is 0 Å². The van der Waals surface area contributed by atoms with Crippen molar-refractivity contribution in [3.63, 3.8) is 0 Å². The first-order valence-corrected chi connectivity index (χ1v) is 7.00. The Morgan fingerprint density at radius 1 is 1.21 bits per heavy atom. The largest absolute Gasteiger partial charge is 0.376 e. The highest BCUT2D eigenvalue weighted by molar-refractivity contribution is 14.1. The Morgan fingerprint density at radius 2 is 1.95 bits per heavy atom. The number of pyridine rings is 1. The van der Waals surface area contributed by atoms with Gasteiger partial charge in [0.2, 0.25) is 5.91 Å². The van der Waals surface area contributed by atoms with Gasteiger partial charge in [0.15, 0.2) is 0 Å². The molecule has 2 rings (SSSR count). The van der Waals surface area contributed by atoms with E-state index in [4.69, 9.17) is 11.6 Å². The molecule has 19 heavy (non-hydrogen) atoms. The summed E-state index contributed by atoms with van der Waals surface area (Å²) < 4.78 is 1.15. The monoisotopic (exact) mass is 387 g/mol. The summed E-state index contributed by atoms with van der Waals surface area (Å²) in [6, 6.07) is 11.1. The van der Waals surface area contributed by atoms with E-state index in [1.165, 1.54) is 6.20 Å². The van der Waals surface area contributed by atoms with Gasteiger partial charge in [0, 0.05) is 15.5 Å². The van der Waals surface area contributed by atoms with Gasteiger partial charge in [-0.25, -0.2) is 4.98 Å². The Labute approximate surface area is 129 Å². The Balaban J connectivity index is 1.84. The molecule has 98 valence electrons. The fourth-order valence-corrected chi connectivity index (χ4v) is 1.86. The normalized spacial score (nSPS) is 10.0. The number of carbonyl (C=O) groups excluding carboxylic acids is 1. The van der Waals surface area contributed by atoms with Crippen LogP contribution in [0.15, 0.2) is 42.6 Å². The SMILES string of the molecule is O=C(CNc1ccc(I)cc1)Nc1ccc(Cl)cn1. The summed E-state index contributed by atoms with van der Waals surface area (Å²) in [7, 11) is 0. The molecule has 1 heterocycles. The molecular weight excluding hydrogens is 377 g/mol. The summed E-state index contributed by atoms with van der Waals surface area (Å²) in [5.74, 6) is 0.326. The number of hydrogen-bond acceptors (Lipinski definition) is 3. The van der Waals surface area contributed by atoms with Gasteiger partial charge in [0.1, 0.15) is 5.82 Å². The second-order valence-electron chi connectivity index (χ2n) is 3.77. The second-order valence-corrected chi connectivity index (χ2v) is 5.45. The van der Waals surface area contributed by atoms with E-state index in [9.17, 15) is 4.79 Å². The van der Waals surface area contributed by atoms with Crippen LogP contribution in [0.2, 0.25) is 5.02 Å². The Hall–Kier alpha value is -1.34. The van der Waals surface area contributed by atoms with Gasteiger partial charge in [-0.2, -0.15) is 0 Å². The van der Waals surface area contributed by atoms with Crippen LogP contribution >= 0.6 is 34.2 Å². The predicted molar refractivity (Wildman–Crippen MR) is 85.5 cm³/mol.